The Labute approximate surface area is 66.5 Å². The zero-order chi connectivity index (χ0) is 8.27. The summed E-state index contributed by atoms with van der Waals surface area (Å²) in [5.41, 5.74) is 0. The molecule has 0 aromatic rings. The van der Waals surface area contributed by atoms with Gasteiger partial charge in [0.1, 0.15) is 0 Å². The van der Waals surface area contributed by atoms with Crippen molar-refractivity contribution in [2.24, 2.45) is 0 Å². The van der Waals surface area contributed by atoms with Crippen LogP contribution in [-0.4, -0.2) is 43.8 Å². The maximum atomic E-state index is 11.3. The van der Waals surface area contributed by atoms with Crippen LogP contribution in [0.3, 0.4) is 0 Å². The number of nitrogens with zero attached hydrogens (tertiary/aromatic N) is 1. The van der Waals surface area contributed by atoms with E-state index in [0.29, 0.717) is 0 Å². The third kappa shape index (κ3) is 1.70. The molecule has 1 atom stereocenters. The van der Waals surface area contributed by atoms with Gasteiger partial charge in [0.25, 0.3) is 5.91 Å². The number of carbonyl (C=O) groups excluding carboxylic acids is 1. The Morgan fingerprint density at radius 3 is 3.09 bits per heavy atom. The van der Waals surface area contributed by atoms with Crippen molar-refractivity contribution in [3.63, 3.8) is 0 Å². The van der Waals surface area contributed by atoms with E-state index < -0.39 is 6.23 Å². The first-order valence-corrected chi connectivity index (χ1v) is 3.84. The number of amides is 1. The van der Waals surface area contributed by atoms with Crippen molar-refractivity contribution in [1.29, 1.82) is 0 Å². The monoisotopic (exact) mass is 158 g/mol. The Balaban J connectivity index is 2.52. The second-order valence-electron chi connectivity index (χ2n) is 2.49. The normalized spacial score (nSPS) is 25.8. The largest absolute Gasteiger partial charge is 0.357 e. The Bertz CT molecular complexity index is 135. The second-order valence-corrected chi connectivity index (χ2v) is 2.49. The fourth-order valence-corrected chi connectivity index (χ4v) is 1.19. The van der Waals surface area contributed by atoms with Crippen molar-refractivity contribution in [2.75, 3.05) is 26.7 Å². The van der Waals surface area contributed by atoms with Gasteiger partial charge in [-0.3, -0.25) is 10.1 Å². The van der Waals surface area contributed by atoms with Crippen LogP contribution in [0.2, 0.25) is 0 Å². The quantitative estimate of drug-likeness (QED) is 0.584. The number of likely N-dealkylation sites (N-methyl/N-ethyl adjacent to an activating group) is 1. The predicted molar refractivity (Wildman–Crippen MR) is 41.1 cm³/mol. The first kappa shape index (κ1) is 8.49. The lowest BCUT2D eigenvalue weighted by Gasteiger charge is -2.31. The van der Waals surface area contributed by atoms with Crippen molar-refractivity contribution in [3.05, 3.63) is 0 Å². The Morgan fingerprint density at radius 2 is 2.55 bits per heavy atom. The van der Waals surface area contributed by atoms with Gasteiger partial charge in [0.2, 0.25) is 0 Å². The molecule has 4 heteroatoms. The summed E-state index contributed by atoms with van der Waals surface area (Å²) in [5.74, 6) is 0.0428. The average molecular weight is 158 g/mol. The predicted octanol–water partition coefficient (Wildman–Crippen LogP) is -0.589. The van der Waals surface area contributed by atoms with Gasteiger partial charge in [-0.2, -0.15) is 0 Å². The van der Waals surface area contributed by atoms with Crippen molar-refractivity contribution < 1.29 is 9.53 Å². The average Bonchev–Trinajstić information content (AvgIpc) is 2.05. The maximum Gasteiger partial charge on any atom is 0.266 e. The second kappa shape index (κ2) is 3.69. The number of nitrogens with one attached hydrogen (secondary N) is 1. The molecule has 1 rings (SSSR count). The molecule has 11 heavy (non-hydrogen) atoms. The molecule has 64 valence electrons. The molecule has 0 radical (unpaired) electrons. The van der Waals surface area contributed by atoms with E-state index in [2.05, 4.69) is 5.32 Å². The standard InChI is InChI=1S/C7H14N2O2/c1-3-9-5-4-8-6(11-2)7(9)10/h6,8H,3-5H2,1-2H3/t6-/m1/s1. The molecular weight excluding hydrogens is 144 g/mol. The van der Waals surface area contributed by atoms with Crippen LogP contribution in [0.25, 0.3) is 0 Å². The summed E-state index contributed by atoms with van der Waals surface area (Å²) in [7, 11) is 1.54. The molecule has 0 aliphatic carbocycles. The lowest BCUT2D eigenvalue weighted by molar-refractivity contribution is -0.147. The molecule has 0 bridgehead atoms. The molecule has 4 nitrogen and oxygen atoms in total. The summed E-state index contributed by atoms with van der Waals surface area (Å²) >= 11 is 0. The minimum absolute atomic E-state index is 0.0428. The van der Waals surface area contributed by atoms with Crippen molar-refractivity contribution >= 4 is 5.91 Å². The molecule has 1 amide bonds. The van der Waals surface area contributed by atoms with Gasteiger partial charge < -0.3 is 9.64 Å². The molecule has 1 aliphatic rings. The molecule has 0 unspecified atom stereocenters. The van der Waals surface area contributed by atoms with E-state index in [4.69, 9.17) is 4.74 Å². The smallest absolute Gasteiger partial charge is 0.266 e. The van der Waals surface area contributed by atoms with E-state index in [1.165, 1.54) is 7.11 Å². The molecule has 1 aliphatic heterocycles. The van der Waals surface area contributed by atoms with Gasteiger partial charge in [-0.1, -0.05) is 0 Å². The number of methoxy groups -OCH3 is 1. The van der Waals surface area contributed by atoms with Crippen LogP contribution in [0.4, 0.5) is 0 Å². The van der Waals surface area contributed by atoms with Crippen LogP contribution >= 0.6 is 0 Å². The number of hydrogen-bond donors (Lipinski definition) is 1. The van der Waals surface area contributed by atoms with Gasteiger partial charge in [-0.05, 0) is 6.92 Å². The zero-order valence-corrected chi connectivity index (χ0v) is 6.96. The van der Waals surface area contributed by atoms with Crippen molar-refractivity contribution in [1.82, 2.24) is 10.2 Å². The fraction of sp³-hybridized carbons (Fsp3) is 0.857. The van der Waals surface area contributed by atoms with Crippen LogP contribution in [0.15, 0.2) is 0 Å². The summed E-state index contributed by atoms with van der Waals surface area (Å²) < 4.78 is 4.93. The summed E-state index contributed by atoms with van der Waals surface area (Å²) in [4.78, 5) is 13.1. The molecule has 1 fully saturated rings. The van der Waals surface area contributed by atoms with Crippen LogP contribution in [0, 0.1) is 0 Å². The summed E-state index contributed by atoms with van der Waals surface area (Å²) in [6.45, 7) is 4.34. The van der Waals surface area contributed by atoms with Gasteiger partial charge in [0, 0.05) is 26.7 Å². The maximum absolute atomic E-state index is 11.3. The molecule has 1 saturated heterocycles. The van der Waals surface area contributed by atoms with Crippen molar-refractivity contribution in [3.8, 4) is 0 Å². The minimum atomic E-state index is -0.427. The van der Waals surface area contributed by atoms with Gasteiger partial charge in [-0.25, -0.2) is 0 Å². The van der Waals surface area contributed by atoms with Gasteiger partial charge in [0.05, 0.1) is 0 Å². The number of rotatable bonds is 2. The van der Waals surface area contributed by atoms with Gasteiger partial charge in [-0.15, -0.1) is 0 Å². The van der Waals surface area contributed by atoms with Gasteiger partial charge >= 0.3 is 0 Å². The molecule has 0 aromatic carbocycles. The number of carbonyl (C=O) groups is 1. The molecule has 1 heterocycles. The van der Waals surface area contributed by atoms with E-state index in [1.807, 2.05) is 6.92 Å². The highest BCUT2D eigenvalue weighted by Gasteiger charge is 2.26. The minimum Gasteiger partial charge on any atom is -0.357 e. The lowest BCUT2D eigenvalue weighted by Crippen LogP contribution is -2.55. The molecule has 0 spiro atoms. The number of piperazine rings is 1. The Kier molecular flexibility index (Phi) is 2.84. The highest BCUT2D eigenvalue weighted by atomic mass is 16.5. The Morgan fingerprint density at radius 1 is 1.82 bits per heavy atom. The van der Waals surface area contributed by atoms with Crippen LogP contribution in [0.1, 0.15) is 6.92 Å². The molecule has 1 N–H and O–H groups in total. The number of ether oxygens (including phenoxy) is 1. The summed E-state index contributed by atoms with van der Waals surface area (Å²) in [5, 5.41) is 2.97. The molecule has 0 saturated carbocycles. The number of hydrogen-bond acceptors (Lipinski definition) is 3. The lowest BCUT2D eigenvalue weighted by atomic mass is 10.3. The highest BCUT2D eigenvalue weighted by Crippen LogP contribution is 2.00. The topological polar surface area (TPSA) is 41.6 Å². The first-order chi connectivity index (χ1) is 5.29. The van der Waals surface area contributed by atoms with E-state index in [9.17, 15) is 4.79 Å². The van der Waals surface area contributed by atoms with E-state index in [1.54, 1.807) is 4.90 Å². The van der Waals surface area contributed by atoms with Crippen LogP contribution < -0.4 is 5.32 Å². The first-order valence-electron chi connectivity index (χ1n) is 3.84. The molecular formula is C7H14N2O2. The summed E-state index contributed by atoms with van der Waals surface area (Å²) in [6, 6.07) is 0. The summed E-state index contributed by atoms with van der Waals surface area (Å²) in [6.07, 6.45) is -0.427. The van der Waals surface area contributed by atoms with Crippen molar-refractivity contribution in [2.45, 2.75) is 13.2 Å². The fourth-order valence-electron chi connectivity index (χ4n) is 1.19. The zero-order valence-electron chi connectivity index (χ0n) is 6.96. The third-order valence-electron chi connectivity index (χ3n) is 1.86. The SMILES string of the molecule is CCN1CCN[C@H](OC)C1=O. The Hall–Kier alpha value is -0.610. The van der Waals surface area contributed by atoms with Crippen LogP contribution in [-0.2, 0) is 9.53 Å². The van der Waals surface area contributed by atoms with E-state index in [0.717, 1.165) is 19.6 Å². The van der Waals surface area contributed by atoms with E-state index in [-0.39, 0.29) is 5.91 Å². The van der Waals surface area contributed by atoms with Crippen LogP contribution in [0.5, 0.6) is 0 Å². The van der Waals surface area contributed by atoms with E-state index >= 15 is 0 Å². The highest BCUT2D eigenvalue weighted by molar-refractivity contribution is 5.81. The third-order valence-corrected chi connectivity index (χ3v) is 1.86. The molecule has 0 aromatic heterocycles. The van der Waals surface area contributed by atoms with Gasteiger partial charge in [0.15, 0.2) is 6.23 Å².